The lowest BCUT2D eigenvalue weighted by atomic mass is 10.1. The van der Waals surface area contributed by atoms with Gasteiger partial charge in [-0.15, -0.1) is 0 Å². The summed E-state index contributed by atoms with van der Waals surface area (Å²) in [5, 5.41) is 0. The van der Waals surface area contributed by atoms with E-state index >= 15 is 0 Å². The Morgan fingerprint density at radius 3 is 2.82 bits per heavy atom. The molecule has 2 atom stereocenters. The molecule has 2 rings (SSSR count). The van der Waals surface area contributed by atoms with E-state index in [0.29, 0.717) is 6.79 Å². The minimum Gasteiger partial charge on any atom is -0.454 e. The molecule has 1 aliphatic heterocycles. The zero-order valence-corrected chi connectivity index (χ0v) is 11.7. The van der Waals surface area contributed by atoms with E-state index in [1.54, 1.807) is 0 Å². The van der Waals surface area contributed by atoms with Gasteiger partial charge >= 0.3 is 0 Å². The lowest BCUT2D eigenvalue weighted by Crippen LogP contribution is -2.13. The van der Waals surface area contributed by atoms with Crippen LogP contribution in [-0.4, -0.2) is 18.2 Å². The van der Waals surface area contributed by atoms with Crippen molar-refractivity contribution in [1.29, 1.82) is 0 Å². The summed E-state index contributed by atoms with van der Waals surface area (Å²) in [6, 6.07) is 5.97. The molecule has 1 aromatic rings. The number of ether oxygens (including phenoxy) is 3. The van der Waals surface area contributed by atoms with Crippen LogP contribution in [0, 0.1) is 0 Å². The van der Waals surface area contributed by atoms with Crippen LogP contribution >= 0.6 is 15.9 Å². The molecule has 0 fully saturated rings. The molecule has 1 aliphatic rings. The van der Waals surface area contributed by atoms with Crippen molar-refractivity contribution < 1.29 is 14.2 Å². The fourth-order valence-corrected chi connectivity index (χ4v) is 2.29. The SMILES string of the molecule is CCCO[C@@H](c1ccc2c(c1)OCO2)[C@H](C)Br. The minimum absolute atomic E-state index is 0.0458. The van der Waals surface area contributed by atoms with Crippen molar-refractivity contribution in [2.24, 2.45) is 0 Å². The number of hydrogen-bond donors (Lipinski definition) is 0. The van der Waals surface area contributed by atoms with Crippen molar-refractivity contribution in [3.63, 3.8) is 0 Å². The molecule has 0 amide bonds. The van der Waals surface area contributed by atoms with Gasteiger partial charge in [0.2, 0.25) is 6.79 Å². The first kappa shape index (κ1) is 12.7. The molecule has 4 heteroatoms. The highest BCUT2D eigenvalue weighted by molar-refractivity contribution is 9.09. The van der Waals surface area contributed by atoms with E-state index in [1.165, 1.54) is 0 Å². The summed E-state index contributed by atoms with van der Waals surface area (Å²) >= 11 is 3.59. The molecule has 0 N–H and O–H groups in total. The molecule has 94 valence electrons. The second-order valence-corrected chi connectivity index (χ2v) is 5.53. The van der Waals surface area contributed by atoms with Crippen molar-refractivity contribution in [3.8, 4) is 11.5 Å². The Balaban J connectivity index is 2.17. The Morgan fingerprint density at radius 2 is 2.12 bits per heavy atom. The fourth-order valence-electron chi connectivity index (χ4n) is 1.83. The van der Waals surface area contributed by atoms with Crippen molar-refractivity contribution in [2.45, 2.75) is 31.2 Å². The topological polar surface area (TPSA) is 27.7 Å². The summed E-state index contributed by atoms with van der Waals surface area (Å²) in [6.07, 6.45) is 1.06. The van der Waals surface area contributed by atoms with Gasteiger partial charge in [0.25, 0.3) is 0 Å². The number of fused-ring (bicyclic) bond motifs is 1. The lowest BCUT2D eigenvalue weighted by Gasteiger charge is -2.20. The molecular weight excluding hydrogens is 284 g/mol. The largest absolute Gasteiger partial charge is 0.454 e. The van der Waals surface area contributed by atoms with Crippen LogP contribution < -0.4 is 9.47 Å². The number of hydrogen-bond acceptors (Lipinski definition) is 3. The van der Waals surface area contributed by atoms with E-state index in [-0.39, 0.29) is 10.9 Å². The maximum absolute atomic E-state index is 5.86. The van der Waals surface area contributed by atoms with Gasteiger partial charge in [0.05, 0.1) is 6.10 Å². The average Bonchev–Trinajstić information content (AvgIpc) is 2.76. The molecule has 1 heterocycles. The van der Waals surface area contributed by atoms with Gasteiger partial charge in [0.15, 0.2) is 11.5 Å². The molecule has 0 unspecified atom stereocenters. The quantitative estimate of drug-likeness (QED) is 0.777. The second kappa shape index (κ2) is 5.74. The van der Waals surface area contributed by atoms with Crippen molar-refractivity contribution in [3.05, 3.63) is 23.8 Å². The summed E-state index contributed by atoms with van der Waals surface area (Å²) in [4.78, 5) is 0.259. The van der Waals surface area contributed by atoms with Gasteiger partial charge in [0, 0.05) is 11.4 Å². The Bertz CT molecular complexity index is 379. The van der Waals surface area contributed by atoms with Gasteiger partial charge in [-0.05, 0) is 31.0 Å². The van der Waals surface area contributed by atoms with E-state index in [9.17, 15) is 0 Å². The first-order valence-corrected chi connectivity index (χ1v) is 6.79. The first-order valence-electron chi connectivity index (χ1n) is 5.87. The number of benzene rings is 1. The van der Waals surface area contributed by atoms with Gasteiger partial charge in [-0.1, -0.05) is 28.9 Å². The summed E-state index contributed by atoms with van der Waals surface area (Å²) in [5.41, 5.74) is 1.12. The monoisotopic (exact) mass is 300 g/mol. The van der Waals surface area contributed by atoms with Crippen LogP contribution in [0.4, 0.5) is 0 Å². The number of rotatable bonds is 5. The van der Waals surface area contributed by atoms with Crippen LogP contribution in [-0.2, 0) is 4.74 Å². The highest BCUT2D eigenvalue weighted by atomic mass is 79.9. The molecule has 3 nitrogen and oxygen atoms in total. The van der Waals surface area contributed by atoms with E-state index in [2.05, 4.69) is 29.8 Å². The van der Waals surface area contributed by atoms with Gasteiger partial charge in [-0.25, -0.2) is 0 Å². The normalized spacial score (nSPS) is 16.9. The summed E-state index contributed by atoms with van der Waals surface area (Å²) in [6.45, 7) is 5.26. The van der Waals surface area contributed by atoms with E-state index in [1.807, 2.05) is 18.2 Å². The standard InChI is InChI=1S/C13H17BrO3/c1-3-6-15-13(9(2)14)10-4-5-11-12(7-10)17-8-16-11/h4-5,7,9,13H,3,6,8H2,1-2H3/t9-,13+/m0/s1. The molecule has 0 aromatic heterocycles. The van der Waals surface area contributed by atoms with Crippen LogP contribution in [0.5, 0.6) is 11.5 Å². The third-order valence-electron chi connectivity index (χ3n) is 2.64. The maximum Gasteiger partial charge on any atom is 0.231 e. The zero-order chi connectivity index (χ0) is 12.3. The fraction of sp³-hybridized carbons (Fsp3) is 0.538. The highest BCUT2D eigenvalue weighted by Gasteiger charge is 2.21. The Labute approximate surface area is 110 Å². The third-order valence-corrected chi connectivity index (χ3v) is 3.12. The third kappa shape index (κ3) is 2.93. The van der Waals surface area contributed by atoms with Gasteiger partial charge in [-0.3, -0.25) is 0 Å². The molecule has 1 aromatic carbocycles. The van der Waals surface area contributed by atoms with Crippen LogP contribution in [0.2, 0.25) is 0 Å². The molecule has 0 radical (unpaired) electrons. The molecular formula is C13H17BrO3. The highest BCUT2D eigenvalue weighted by Crippen LogP contribution is 2.36. The van der Waals surface area contributed by atoms with E-state index < -0.39 is 0 Å². The Kier molecular flexibility index (Phi) is 4.29. The van der Waals surface area contributed by atoms with Crippen molar-refractivity contribution in [2.75, 3.05) is 13.4 Å². The van der Waals surface area contributed by atoms with Crippen molar-refractivity contribution >= 4 is 15.9 Å². The van der Waals surface area contributed by atoms with Crippen LogP contribution in [0.15, 0.2) is 18.2 Å². The summed E-state index contributed by atoms with van der Waals surface area (Å²) < 4.78 is 16.5. The van der Waals surface area contributed by atoms with Crippen LogP contribution in [0.1, 0.15) is 31.9 Å². The van der Waals surface area contributed by atoms with Gasteiger partial charge in [-0.2, -0.15) is 0 Å². The average molecular weight is 301 g/mol. The first-order chi connectivity index (χ1) is 8.22. The predicted octanol–water partition coefficient (Wildman–Crippen LogP) is 3.67. The van der Waals surface area contributed by atoms with Crippen LogP contribution in [0.25, 0.3) is 0 Å². The minimum atomic E-state index is 0.0458. The summed E-state index contributed by atoms with van der Waals surface area (Å²) in [5.74, 6) is 1.62. The number of halogens is 1. The molecule has 0 bridgehead atoms. The van der Waals surface area contributed by atoms with Crippen molar-refractivity contribution in [1.82, 2.24) is 0 Å². The van der Waals surface area contributed by atoms with Gasteiger partial charge in [0.1, 0.15) is 0 Å². The Hall–Kier alpha value is -0.740. The molecule has 17 heavy (non-hydrogen) atoms. The van der Waals surface area contributed by atoms with Gasteiger partial charge < -0.3 is 14.2 Å². The lowest BCUT2D eigenvalue weighted by molar-refractivity contribution is 0.0554. The Morgan fingerprint density at radius 1 is 1.35 bits per heavy atom. The molecule has 0 aliphatic carbocycles. The zero-order valence-electron chi connectivity index (χ0n) is 10.1. The van der Waals surface area contributed by atoms with E-state index in [0.717, 1.165) is 30.1 Å². The molecule has 0 saturated heterocycles. The van der Waals surface area contributed by atoms with E-state index in [4.69, 9.17) is 14.2 Å². The second-order valence-electron chi connectivity index (χ2n) is 4.08. The van der Waals surface area contributed by atoms with Crippen LogP contribution in [0.3, 0.4) is 0 Å². The number of alkyl halides is 1. The predicted molar refractivity (Wildman–Crippen MR) is 69.9 cm³/mol. The summed E-state index contributed by atoms with van der Waals surface area (Å²) in [7, 11) is 0. The smallest absolute Gasteiger partial charge is 0.231 e. The maximum atomic E-state index is 5.86. The molecule has 0 saturated carbocycles. The molecule has 0 spiro atoms.